The Morgan fingerprint density at radius 1 is 1.25 bits per heavy atom. The summed E-state index contributed by atoms with van der Waals surface area (Å²) >= 11 is 0. The largest absolute Gasteiger partial charge is 0.419 e. The van der Waals surface area contributed by atoms with E-state index in [1.54, 1.807) is 0 Å². The van der Waals surface area contributed by atoms with Crippen LogP contribution in [0.1, 0.15) is 24.0 Å². The average Bonchev–Trinajstić information content (AvgIpc) is 2.98. The summed E-state index contributed by atoms with van der Waals surface area (Å²) in [6, 6.07) is 3.52. The van der Waals surface area contributed by atoms with Gasteiger partial charge in [-0.2, -0.15) is 13.2 Å². The molecule has 0 aliphatic heterocycles. The molecule has 0 saturated heterocycles. The molecule has 1 aliphatic carbocycles. The van der Waals surface area contributed by atoms with Crippen LogP contribution in [0, 0.1) is 5.82 Å². The van der Waals surface area contributed by atoms with E-state index in [1.165, 1.54) is 6.07 Å². The van der Waals surface area contributed by atoms with Crippen LogP contribution in [0.3, 0.4) is 0 Å². The Balaban J connectivity index is 2.13. The Morgan fingerprint density at radius 3 is 2.50 bits per heavy atom. The fourth-order valence-corrected chi connectivity index (χ4v) is 1.45. The van der Waals surface area contributed by atoms with Gasteiger partial charge >= 0.3 is 6.18 Å². The molecule has 2 rings (SSSR count). The zero-order valence-electron chi connectivity index (χ0n) is 8.44. The van der Waals surface area contributed by atoms with Crippen molar-refractivity contribution in [3.63, 3.8) is 0 Å². The van der Waals surface area contributed by atoms with Gasteiger partial charge in [0.15, 0.2) is 0 Å². The summed E-state index contributed by atoms with van der Waals surface area (Å²) < 4.78 is 50.1. The van der Waals surface area contributed by atoms with Gasteiger partial charge in [0.1, 0.15) is 5.82 Å². The molecule has 0 unspecified atom stereocenters. The minimum atomic E-state index is -4.63. The van der Waals surface area contributed by atoms with Crippen molar-refractivity contribution in [3.05, 3.63) is 35.1 Å². The normalized spacial score (nSPS) is 16.5. The van der Waals surface area contributed by atoms with E-state index in [1.807, 2.05) is 0 Å². The van der Waals surface area contributed by atoms with Crippen LogP contribution in [0.2, 0.25) is 0 Å². The first kappa shape index (κ1) is 11.4. The highest BCUT2D eigenvalue weighted by Gasteiger charge is 2.34. The number of hydrogen-bond acceptors (Lipinski definition) is 1. The number of nitrogens with one attached hydrogen (secondary N) is 1. The van der Waals surface area contributed by atoms with Gasteiger partial charge in [-0.05, 0) is 30.5 Å². The van der Waals surface area contributed by atoms with Gasteiger partial charge in [-0.25, -0.2) is 4.39 Å². The predicted molar refractivity (Wildman–Crippen MR) is 51.3 cm³/mol. The molecular weight excluding hydrogens is 222 g/mol. The van der Waals surface area contributed by atoms with Gasteiger partial charge in [-0.1, -0.05) is 6.07 Å². The summed E-state index contributed by atoms with van der Waals surface area (Å²) in [6.07, 6.45) is -2.50. The SMILES string of the molecule is Fc1ccc(CNC2CC2)cc1C(F)(F)F. The predicted octanol–water partition coefficient (Wildman–Crippen LogP) is 3.10. The van der Waals surface area contributed by atoms with E-state index < -0.39 is 17.6 Å². The number of halogens is 4. The van der Waals surface area contributed by atoms with Crippen molar-refractivity contribution in [1.29, 1.82) is 0 Å². The Kier molecular flexibility index (Phi) is 2.88. The van der Waals surface area contributed by atoms with Gasteiger partial charge in [0.05, 0.1) is 5.56 Å². The smallest absolute Gasteiger partial charge is 0.310 e. The molecule has 16 heavy (non-hydrogen) atoms. The molecule has 1 aromatic carbocycles. The minimum Gasteiger partial charge on any atom is -0.310 e. The zero-order chi connectivity index (χ0) is 11.8. The molecule has 1 nitrogen and oxygen atoms in total. The molecule has 0 heterocycles. The lowest BCUT2D eigenvalue weighted by atomic mass is 10.1. The minimum absolute atomic E-state index is 0.355. The Hall–Kier alpha value is -1.10. The summed E-state index contributed by atoms with van der Waals surface area (Å²) in [5.41, 5.74) is -0.733. The zero-order valence-corrected chi connectivity index (χ0v) is 8.44. The lowest BCUT2D eigenvalue weighted by molar-refractivity contribution is -0.140. The molecule has 0 radical (unpaired) electrons. The second-order valence-corrected chi connectivity index (χ2v) is 3.97. The van der Waals surface area contributed by atoms with Gasteiger partial charge < -0.3 is 5.32 Å². The molecule has 1 fully saturated rings. The van der Waals surface area contributed by atoms with E-state index in [9.17, 15) is 17.6 Å². The molecule has 5 heteroatoms. The molecule has 1 aliphatic rings. The maximum Gasteiger partial charge on any atom is 0.419 e. The Bertz CT molecular complexity index is 382. The van der Waals surface area contributed by atoms with E-state index in [4.69, 9.17) is 0 Å². The number of hydrogen-bond donors (Lipinski definition) is 1. The van der Waals surface area contributed by atoms with Gasteiger partial charge in [0.25, 0.3) is 0 Å². The first-order chi connectivity index (χ1) is 7.47. The van der Waals surface area contributed by atoms with Crippen molar-refractivity contribution >= 4 is 0 Å². The highest BCUT2D eigenvalue weighted by atomic mass is 19.4. The third kappa shape index (κ3) is 2.72. The van der Waals surface area contributed by atoms with Gasteiger partial charge in [-0.3, -0.25) is 0 Å². The summed E-state index contributed by atoms with van der Waals surface area (Å²) in [5, 5.41) is 3.08. The van der Waals surface area contributed by atoms with Crippen LogP contribution in [0.4, 0.5) is 17.6 Å². The van der Waals surface area contributed by atoms with E-state index in [0.29, 0.717) is 18.2 Å². The highest BCUT2D eigenvalue weighted by Crippen LogP contribution is 2.32. The third-order valence-electron chi connectivity index (χ3n) is 2.51. The van der Waals surface area contributed by atoms with Crippen LogP contribution in [0.15, 0.2) is 18.2 Å². The van der Waals surface area contributed by atoms with Crippen LogP contribution in [-0.4, -0.2) is 6.04 Å². The molecule has 0 amide bonds. The van der Waals surface area contributed by atoms with Crippen LogP contribution >= 0.6 is 0 Å². The van der Waals surface area contributed by atoms with Crippen molar-refractivity contribution in [3.8, 4) is 0 Å². The first-order valence-electron chi connectivity index (χ1n) is 5.06. The molecule has 0 bridgehead atoms. The standard InChI is InChI=1S/C11H11F4N/c12-10-4-1-7(6-16-8-2-3-8)5-9(10)11(13,14)15/h1,4-5,8,16H,2-3,6H2. The van der Waals surface area contributed by atoms with E-state index >= 15 is 0 Å². The molecule has 1 aromatic rings. The van der Waals surface area contributed by atoms with E-state index in [-0.39, 0.29) is 0 Å². The van der Waals surface area contributed by atoms with Crippen LogP contribution in [-0.2, 0) is 12.7 Å². The van der Waals surface area contributed by atoms with Crippen LogP contribution in [0.25, 0.3) is 0 Å². The average molecular weight is 233 g/mol. The number of rotatable bonds is 3. The van der Waals surface area contributed by atoms with E-state index in [2.05, 4.69) is 5.32 Å². The Labute approximate surface area is 90.5 Å². The third-order valence-corrected chi connectivity index (χ3v) is 2.51. The fraction of sp³-hybridized carbons (Fsp3) is 0.455. The molecular formula is C11H11F4N. The molecule has 1 N–H and O–H groups in total. The molecule has 0 atom stereocenters. The second-order valence-electron chi connectivity index (χ2n) is 3.97. The highest BCUT2D eigenvalue weighted by molar-refractivity contribution is 5.27. The quantitative estimate of drug-likeness (QED) is 0.791. The van der Waals surface area contributed by atoms with Crippen molar-refractivity contribution < 1.29 is 17.6 Å². The van der Waals surface area contributed by atoms with Crippen LogP contribution in [0.5, 0.6) is 0 Å². The maximum atomic E-state index is 12.9. The van der Waals surface area contributed by atoms with Crippen molar-refractivity contribution in [2.75, 3.05) is 0 Å². The van der Waals surface area contributed by atoms with Gasteiger partial charge in [0.2, 0.25) is 0 Å². The van der Waals surface area contributed by atoms with Gasteiger partial charge in [-0.15, -0.1) is 0 Å². The monoisotopic (exact) mass is 233 g/mol. The summed E-state index contributed by atoms with van der Waals surface area (Å²) in [7, 11) is 0. The van der Waals surface area contributed by atoms with Gasteiger partial charge in [0, 0.05) is 12.6 Å². The molecule has 0 aromatic heterocycles. The maximum absolute atomic E-state index is 12.9. The topological polar surface area (TPSA) is 12.0 Å². The van der Waals surface area contributed by atoms with Crippen LogP contribution < -0.4 is 5.32 Å². The lowest BCUT2D eigenvalue weighted by Gasteiger charge is -2.10. The molecule has 0 spiro atoms. The van der Waals surface area contributed by atoms with Crippen molar-refractivity contribution in [2.45, 2.75) is 31.6 Å². The Morgan fingerprint density at radius 2 is 1.94 bits per heavy atom. The fourth-order valence-electron chi connectivity index (χ4n) is 1.45. The number of benzene rings is 1. The summed E-state index contributed by atoms with van der Waals surface area (Å²) in [6.45, 7) is 0.355. The number of alkyl halides is 3. The summed E-state index contributed by atoms with van der Waals surface area (Å²) in [4.78, 5) is 0. The summed E-state index contributed by atoms with van der Waals surface area (Å²) in [5.74, 6) is -1.22. The first-order valence-corrected chi connectivity index (χ1v) is 5.06. The lowest BCUT2D eigenvalue weighted by Crippen LogP contribution is -2.16. The van der Waals surface area contributed by atoms with Crippen molar-refractivity contribution in [2.24, 2.45) is 0 Å². The van der Waals surface area contributed by atoms with Crippen molar-refractivity contribution in [1.82, 2.24) is 5.32 Å². The second kappa shape index (κ2) is 4.05. The molecule has 1 saturated carbocycles. The molecule has 88 valence electrons. The van der Waals surface area contributed by atoms with E-state index in [0.717, 1.165) is 25.0 Å².